The molecule has 206 valence electrons. The van der Waals surface area contributed by atoms with Crippen molar-refractivity contribution in [1.29, 1.82) is 10.8 Å². The minimum atomic E-state index is -5.33. The molecule has 13 heteroatoms. The molecule has 0 atom stereocenters. The van der Waals surface area contributed by atoms with Crippen LogP contribution in [0, 0.1) is 10.8 Å². The molecule has 0 saturated carbocycles. The second-order valence-electron chi connectivity index (χ2n) is 8.84. The van der Waals surface area contributed by atoms with E-state index in [1.807, 2.05) is 0 Å². The zero-order valence-corrected chi connectivity index (χ0v) is 20.8. The summed E-state index contributed by atoms with van der Waals surface area (Å²) in [6.45, 7) is -0.121. The van der Waals surface area contributed by atoms with Crippen LogP contribution in [0.3, 0.4) is 0 Å². The van der Waals surface area contributed by atoms with E-state index in [-0.39, 0.29) is 47.0 Å². The highest BCUT2D eigenvalue weighted by molar-refractivity contribution is 6.06. The van der Waals surface area contributed by atoms with Gasteiger partial charge >= 0.3 is 12.1 Å². The van der Waals surface area contributed by atoms with Gasteiger partial charge in [0.25, 0.3) is 5.91 Å². The van der Waals surface area contributed by atoms with Crippen LogP contribution in [0.2, 0.25) is 0 Å². The lowest BCUT2D eigenvalue weighted by Crippen LogP contribution is -2.30. The third-order valence-electron chi connectivity index (χ3n) is 5.95. The first-order valence-corrected chi connectivity index (χ1v) is 11.7. The molecule has 1 aromatic heterocycles. The number of halogens is 3. The molecule has 0 radical (unpaired) electrons. The van der Waals surface area contributed by atoms with Crippen LogP contribution in [0.25, 0.3) is 10.9 Å². The first kappa shape index (κ1) is 27.7. The van der Waals surface area contributed by atoms with E-state index >= 15 is 0 Å². The topological polar surface area (TPSA) is 186 Å². The maximum Gasteiger partial charge on any atom is 0.491 e. The fourth-order valence-electron chi connectivity index (χ4n) is 4.12. The number of alkyl halides is 3. The number of carbonyl (C=O) groups excluding carboxylic acids is 2. The Labute approximate surface area is 225 Å². The number of hydrogen-bond donors (Lipinski definition) is 6. The van der Waals surface area contributed by atoms with E-state index in [1.54, 1.807) is 48.5 Å². The number of nitrogens with zero attached hydrogens (tertiary/aromatic N) is 1. The summed E-state index contributed by atoms with van der Waals surface area (Å²) in [6.07, 6.45) is -5.33. The molecule has 0 spiro atoms. The van der Waals surface area contributed by atoms with Crippen LogP contribution >= 0.6 is 0 Å². The van der Waals surface area contributed by atoms with E-state index in [2.05, 4.69) is 5.32 Å². The summed E-state index contributed by atoms with van der Waals surface area (Å²) in [4.78, 5) is 25.5. The molecule has 0 saturated heterocycles. The number of fused-ring (bicyclic) bond motifs is 1. The largest absolute Gasteiger partial charge is 0.491 e. The lowest BCUT2D eigenvalue weighted by Gasteiger charge is -2.14. The van der Waals surface area contributed by atoms with Gasteiger partial charge < -0.3 is 31.8 Å². The van der Waals surface area contributed by atoms with Crippen molar-refractivity contribution < 1.29 is 27.5 Å². The number of benzene rings is 3. The highest BCUT2D eigenvalue weighted by Crippen LogP contribution is 2.37. The quantitative estimate of drug-likeness (QED) is 0.0844. The molecular formula is C27H24F3N7O3. The molecule has 9 N–H and O–H groups in total. The number of carbonyl (C=O) groups is 2. The minimum absolute atomic E-state index is 0.0176. The maximum absolute atomic E-state index is 13.6. The molecule has 4 aromatic rings. The van der Waals surface area contributed by atoms with Crippen LogP contribution in [0.4, 0.5) is 18.9 Å². The van der Waals surface area contributed by atoms with Crippen LogP contribution in [-0.4, -0.2) is 34.3 Å². The van der Waals surface area contributed by atoms with E-state index in [4.69, 9.17) is 32.8 Å². The monoisotopic (exact) mass is 551 g/mol. The summed E-state index contributed by atoms with van der Waals surface area (Å²) in [5.41, 5.74) is 19.1. The number of amides is 1. The molecule has 10 nitrogen and oxygen atoms in total. The summed E-state index contributed by atoms with van der Waals surface area (Å²) in [5.74, 6) is -4.33. The highest BCUT2D eigenvalue weighted by Gasteiger charge is 2.43. The van der Waals surface area contributed by atoms with Crippen molar-refractivity contribution in [1.82, 2.24) is 9.88 Å². The maximum atomic E-state index is 13.6. The third-order valence-corrected chi connectivity index (χ3v) is 5.95. The predicted octanol–water partition coefficient (Wildman–Crippen LogP) is 3.24. The summed E-state index contributed by atoms with van der Waals surface area (Å²) >= 11 is 0. The van der Waals surface area contributed by atoms with Gasteiger partial charge in [-0.1, -0.05) is 36.4 Å². The Hall–Kier alpha value is -5.33. The van der Waals surface area contributed by atoms with Gasteiger partial charge in [-0.2, -0.15) is 13.2 Å². The Bertz CT molecular complexity index is 1660. The van der Waals surface area contributed by atoms with Gasteiger partial charge in [-0.05, 0) is 41.5 Å². The molecule has 0 bridgehead atoms. The fourth-order valence-corrected chi connectivity index (χ4v) is 4.12. The minimum Gasteiger partial charge on any atom is -0.417 e. The molecule has 3 aromatic carbocycles. The molecule has 0 aliphatic heterocycles. The van der Waals surface area contributed by atoms with Gasteiger partial charge in [0.2, 0.25) is 0 Å². The van der Waals surface area contributed by atoms with Crippen LogP contribution in [0.15, 0.2) is 66.7 Å². The second kappa shape index (κ2) is 10.8. The standard InChI is InChI=1S/C27H24F3N7O3/c28-27(29,30)26(39)40-22-19-11-18(31)7-8-20(19)37(13-15-4-2-6-17(10-15)24(34)35)21(22)25(38)36-12-14-3-1-5-16(9-14)23(32)33/h1-11H,12-13,31H2,(H3,32,33)(H3,34,35)(H,36,38). The van der Waals surface area contributed by atoms with Gasteiger partial charge in [-0.25, -0.2) is 4.79 Å². The molecule has 1 amide bonds. The summed E-state index contributed by atoms with van der Waals surface area (Å²) in [7, 11) is 0. The average Bonchev–Trinajstić information content (AvgIpc) is 3.18. The second-order valence-corrected chi connectivity index (χ2v) is 8.84. The number of aromatic nitrogens is 1. The number of nitrogens with two attached hydrogens (primary N) is 3. The van der Waals surface area contributed by atoms with Crippen molar-refractivity contribution in [2.24, 2.45) is 11.5 Å². The van der Waals surface area contributed by atoms with Crippen LogP contribution in [0.5, 0.6) is 5.75 Å². The van der Waals surface area contributed by atoms with E-state index in [1.165, 1.54) is 22.8 Å². The van der Waals surface area contributed by atoms with Crippen LogP contribution in [-0.2, 0) is 17.9 Å². The normalized spacial score (nSPS) is 11.3. The van der Waals surface area contributed by atoms with Crippen LogP contribution in [0.1, 0.15) is 32.7 Å². The zero-order chi connectivity index (χ0) is 29.2. The van der Waals surface area contributed by atoms with Crippen LogP contribution < -0.4 is 27.3 Å². The molecule has 0 unspecified atom stereocenters. The number of esters is 1. The Morgan fingerprint density at radius 1 is 0.900 bits per heavy atom. The molecule has 0 aliphatic rings. The van der Waals surface area contributed by atoms with E-state index in [0.29, 0.717) is 22.3 Å². The highest BCUT2D eigenvalue weighted by atomic mass is 19.4. The van der Waals surface area contributed by atoms with Crippen molar-refractivity contribution in [3.05, 3.63) is 94.7 Å². The predicted molar refractivity (Wildman–Crippen MR) is 143 cm³/mol. The lowest BCUT2D eigenvalue weighted by atomic mass is 10.1. The van der Waals surface area contributed by atoms with Gasteiger partial charge in [0, 0.05) is 35.3 Å². The van der Waals surface area contributed by atoms with Gasteiger partial charge in [-0.15, -0.1) is 0 Å². The molecule has 0 fully saturated rings. The van der Waals surface area contributed by atoms with Crippen molar-refractivity contribution in [2.75, 3.05) is 5.73 Å². The first-order valence-electron chi connectivity index (χ1n) is 11.7. The lowest BCUT2D eigenvalue weighted by molar-refractivity contribution is -0.189. The van der Waals surface area contributed by atoms with Crippen molar-refractivity contribution >= 4 is 40.1 Å². The number of ether oxygens (including phenoxy) is 1. The van der Waals surface area contributed by atoms with E-state index in [0.717, 1.165) is 0 Å². The number of hydrogen-bond acceptors (Lipinski definition) is 6. The summed E-state index contributed by atoms with van der Waals surface area (Å²) in [5, 5.41) is 18.0. The molecule has 0 aliphatic carbocycles. The summed E-state index contributed by atoms with van der Waals surface area (Å²) in [6, 6.07) is 17.3. The Kier molecular flexibility index (Phi) is 7.48. The van der Waals surface area contributed by atoms with Crippen molar-refractivity contribution in [3.8, 4) is 5.75 Å². The van der Waals surface area contributed by atoms with E-state index in [9.17, 15) is 22.8 Å². The summed E-state index contributed by atoms with van der Waals surface area (Å²) < 4.78 is 45.9. The van der Waals surface area contributed by atoms with Gasteiger partial charge in [0.1, 0.15) is 11.7 Å². The number of anilines is 1. The number of nitrogens with one attached hydrogen (secondary N) is 3. The molecular weight excluding hydrogens is 527 g/mol. The average molecular weight is 552 g/mol. The number of rotatable bonds is 8. The van der Waals surface area contributed by atoms with Gasteiger partial charge in [0.15, 0.2) is 11.4 Å². The first-order chi connectivity index (χ1) is 18.8. The van der Waals surface area contributed by atoms with Gasteiger partial charge in [0.05, 0.1) is 5.52 Å². The SMILES string of the molecule is N=C(N)c1cccc(CNC(=O)c2c(OC(=O)C(F)(F)F)c3cc(N)ccc3n2Cc2cccc(C(=N)N)c2)c1. The number of nitrogen functional groups attached to an aromatic ring is 3. The number of amidine groups is 2. The third kappa shape index (κ3) is 5.88. The molecule has 40 heavy (non-hydrogen) atoms. The Balaban J connectivity index is 1.84. The van der Waals surface area contributed by atoms with Gasteiger partial charge in [-0.3, -0.25) is 15.6 Å². The Morgan fingerprint density at radius 3 is 2.10 bits per heavy atom. The zero-order valence-electron chi connectivity index (χ0n) is 20.8. The molecule has 1 heterocycles. The van der Waals surface area contributed by atoms with Crippen molar-refractivity contribution in [3.63, 3.8) is 0 Å². The van der Waals surface area contributed by atoms with E-state index < -0.39 is 23.8 Å². The smallest absolute Gasteiger partial charge is 0.417 e. The van der Waals surface area contributed by atoms with Crippen molar-refractivity contribution in [2.45, 2.75) is 19.3 Å². The Morgan fingerprint density at radius 2 is 1.50 bits per heavy atom. The fraction of sp³-hybridized carbons (Fsp3) is 0.111. The molecule has 4 rings (SSSR count).